The van der Waals surface area contributed by atoms with Crippen LogP contribution < -0.4 is 0 Å². The van der Waals surface area contributed by atoms with E-state index in [0.29, 0.717) is 44.6 Å². The Labute approximate surface area is 152 Å². The van der Waals surface area contributed by atoms with Crippen LogP contribution in [0.5, 0.6) is 0 Å². The summed E-state index contributed by atoms with van der Waals surface area (Å²) in [5.41, 5.74) is 1.09. The number of rotatable bonds is 2. The molecule has 1 aliphatic heterocycles. The monoisotopic (exact) mass is 356 g/mol. The van der Waals surface area contributed by atoms with Crippen LogP contribution in [0.25, 0.3) is 11.0 Å². The summed E-state index contributed by atoms with van der Waals surface area (Å²) in [4.78, 5) is 36.1. The molecule has 4 rings (SSSR count). The number of hydrogen-bond acceptors (Lipinski definition) is 4. The van der Waals surface area contributed by atoms with E-state index in [9.17, 15) is 14.7 Å². The van der Waals surface area contributed by atoms with Crippen LogP contribution in [-0.2, 0) is 4.79 Å². The summed E-state index contributed by atoms with van der Waals surface area (Å²) in [6.07, 6.45) is 5.59. The summed E-state index contributed by atoms with van der Waals surface area (Å²) in [5, 5.41) is 10.6. The molecular formula is C19H24N4O3. The van der Waals surface area contributed by atoms with Gasteiger partial charge in [0, 0.05) is 31.7 Å². The highest BCUT2D eigenvalue weighted by atomic mass is 16.3. The van der Waals surface area contributed by atoms with E-state index in [4.69, 9.17) is 0 Å². The zero-order valence-electron chi connectivity index (χ0n) is 14.8. The van der Waals surface area contributed by atoms with Crippen LogP contribution in [0.3, 0.4) is 0 Å². The van der Waals surface area contributed by atoms with Gasteiger partial charge in [-0.3, -0.25) is 9.59 Å². The van der Waals surface area contributed by atoms with Crippen molar-refractivity contribution >= 4 is 22.8 Å². The van der Waals surface area contributed by atoms with E-state index >= 15 is 0 Å². The predicted octanol–water partition coefficient (Wildman–Crippen LogP) is 1.54. The first-order chi connectivity index (χ1) is 12.6. The molecule has 2 heterocycles. The van der Waals surface area contributed by atoms with Crippen LogP contribution in [0.4, 0.5) is 0 Å². The first-order valence-corrected chi connectivity index (χ1v) is 9.31. The summed E-state index contributed by atoms with van der Waals surface area (Å²) in [5.74, 6) is -0.201. The van der Waals surface area contributed by atoms with E-state index in [0.717, 1.165) is 30.3 Å². The van der Waals surface area contributed by atoms with E-state index in [1.807, 2.05) is 12.1 Å². The Morgan fingerprint density at radius 3 is 2.46 bits per heavy atom. The maximum atomic E-state index is 12.7. The summed E-state index contributed by atoms with van der Waals surface area (Å²) < 4.78 is 0. The minimum absolute atomic E-state index is 0.0371. The van der Waals surface area contributed by atoms with E-state index in [-0.39, 0.29) is 11.8 Å². The largest absolute Gasteiger partial charge is 0.380 e. The Bertz CT molecular complexity index is 817. The van der Waals surface area contributed by atoms with Crippen molar-refractivity contribution < 1.29 is 14.7 Å². The molecule has 138 valence electrons. The first kappa shape index (κ1) is 17.0. The Balaban J connectivity index is 1.39. The summed E-state index contributed by atoms with van der Waals surface area (Å²) in [7, 11) is 0. The van der Waals surface area contributed by atoms with Gasteiger partial charge >= 0.3 is 0 Å². The summed E-state index contributed by atoms with van der Waals surface area (Å²) in [6, 6.07) is 5.43. The molecule has 0 bridgehead atoms. The Morgan fingerprint density at radius 1 is 1.04 bits per heavy atom. The summed E-state index contributed by atoms with van der Waals surface area (Å²) >= 11 is 0. The number of nitrogens with zero attached hydrogens (tertiary/aromatic N) is 3. The number of aromatic nitrogens is 2. The van der Waals surface area contributed by atoms with E-state index < -0.39 is 5.60 Å². The number of H-pyrrole nitrogens is 1. The van der Waals surface area contributed by atoms with Crippen LogP contribution in [-0.4, -0.2) is 68.5 Å². The number of imidazole rings is 1. The third-order valence-corrected chi connectivity index (χ3v) is 5.60. The summed E-state index contributed by atoms with van der Waals surface area (Å²) in [6.45, 7) is 1.92. The van der Waals surface area contributed by atoms with E-state index in [1.54, 1.807) is 22.2 Å². The topological polar surface area (TPSA) is 89.5 Å². The molecule has 0 spiro atoms. The van der Waals surface area contributed by atoms with Gasteiger partial charge in [0.15, 0.2) is 0 Å². The second-order valence-corrected chi connectivity index (χ2v) is 7.31. The highest BCUT2D eigenvalue weighted by Crippen LogP contribution is 2.30. The number of aliphatic hydroxyl groups is 1. The Morgan fingerprint density at radius 2 is 1.73 bits per heavy atom. The predicted molar refractivity (Wildman–Crippen MR) is 96.6 cm³/mol. The molecule has 2 fully saturated rings. The van der Waals surface area contributed by atoms with Gasteiger partial charge in [0.25, 0.3) is 11.8 Å². The number of nitrogens with one attached hydrogen (secondary N) is 1. The van der Waals surface area contributed by atoms with Crippen molar-refractivity contribution in [2.24, 2.45) is 0 Å². The SMILES string of the molecule is O=C(c1ccc2nc[nH]c2c1)N1CCN(C(=O)C2(O)CCCCC2)CC1. The first-order valence-electron chi connectivity index (χ1n) is 9.31. The standard InChI is InChI=1S/C19H24N4O3/c24-17(14-4-5-15-16(12-14)21-13-20-15)22-8-10-23(11-9-22)18(25)19(26)6-2-1-3-7-19/h4-5,12-13,26H,1-3,6-11H2,(H,20,21). The lowest BCUT2D eigenvalue weighted by Gasteiger charge is -2.40. The van der Waals surface area contributed by atoms with Gasteiger partial charge in [-0.05, 0) is 31.0 Å². The van der Waals surface area contributed by atoms with Gasteiger partial charge in [0.1, 0.15) is 5.60 Å². The normalized spacial score (nSPS) is 20.3. The lowest BCUT2D eigenvalue weighted by Crippen LogP contribution is -2.57. The number of aromatic amines is 1. The fourth-order valence-electron chi connectivity index (χ4n) is 4.01. The van der Waals surface area contributed by atoms with Gasteiger partial charge in [-0.1, -0.05) is 19.3 Å². The molecular weight excluding hydrogens is 332 g/mol. The number of carbonyl (C=O) groups excluding carboxylic acids is 2. The van der Waals surface area contributed by atoms with Crippen LogP contribution in [0, 0.1) is 0 Å². The molecule has 2 aromatic rings. The molecule has 1 aromatic heterocycles. The maximum absolute atomic E-state index is 12.7. The van der Waals surface area contributed by atoms with Crippen molar-refractivity contribution in [2.75, 3.05) is 26.2 Å². The van der Waals surface area contributed by atoms with E-state index in [1.165, 1.54) is 0 Å². The molecule has 0 atom stereocenters. The molecule has 7 heteroatoms. The van der Waals surface area contributed by atoms with Crippen LogP contribution in [0.2, 0.25) is 0 Å². The van der Waals surface area contributed by atoms with E-state index in [2.05, 4.69) is 9.97 Å². The second-order valence-electron chi connectivity index (χ2n) is 7.31. The van der Waals surface area contributed by atoms with Gasteiger partial charge in [0.05, 0.1) is 17.4 Å². The molecule has 1 saturated heterocycles. The van der Waals surface area contributed by atoms with Gasteiger partial charge in [-0.15, -0.1) is 0 Å². The van der Waals surface area contributed by atoms with Gasteiger partial charge in [-0.25, -0.2) is 4.98 Å². The Hall–Kier alpha value is -2.41. The van der Waals surface area contributed by atoms with Crippen molar-refractivity contribution in [3.63, 3.8) is 0 Å². The van der Waals surface area contributed by atoms with Gasteiger partial charge in [-0.2, -0.15) is 0 Å². The zero-order valence-corrected chi connectivity index (χ0v) is 14.8. The second kappa shape index (κ2) is 6.72. The third kappa shape index (κ3) is 3.07. The Kier molecular flexibility index (Phi) is 4.40. The number of amides is 2. The molecule has 7 nitrogen and oxygen atoms in total. The average Bonchev–Trinajstić information content (AvgIpc) is 3.15. The van der Waals surface area contributed by atoms with Gasteiger partial charge in [0.2, 0.25) is 0 Å². The van der Waals surface area contributed by atoms with Crippen molar-refractivity contribution in [1.82, 2.24) is 19.8 Å². The third-order valence-electron chi connectivity index (χ3n) is 5.60. The molecule has 2 amide bonds. The molecule has 1 aliphatic carbocycles. The molecule has 2 N–H and O–H groups in total. The fraction of sp³-hybridized carbons (Fsp3) is 0.526. The minimum atomic E-state index is -1.20. The zero-order chi connectivity index (χ0) is 18.1. The lowest BCUT2D eigenvalue weighted by molar-refractivity contribution is -0.156. The van der Waals surface area contributed by atoms with Crippen molar-refractivity contribution in [3.05, 3.63) is 30.1 Å². The molecule has 26 heavy (non-hydrogen) atoms. The quantitative estimate of drug-likeness (QED) is 0.854. The highest BCUT2D eigenvalue weighted by molar-refractivity contribution is 5.97. The molecule has 2 aliphatic rings. The van der Waals surface area contributed by atoms with Gasteiger partial charge < -0.3 is 19.9 Å². The number of piperazine rings is 1. The minimum Gasteiger partial charge on any atom is -0.380 e. The van der Waals surface area contributed by atoms with Crippen LogP contribution in [0.15, 0.2) is 24.5 Å². The number of hydrogen-bond donors (Lipinski definition) is 2. The van der Waals surface area contributed by atoms with Crippen molar-refractivity contribution in [1.29, 1.82) is 0 Å². The van der Waals surface area contributed by atoms with Crippen molar-refractivity contribution in [2.45, 2.75) is 37.7 Å². The van der Waals surface area contributed by atoms with Crippen LogP contribution >= 0.6 is 0 Å². The number of fused-ring (bicyclic) bond motifs is 1. The average molecular weight is 356 g/mol. The lowest BCUT2D eigenvalue weighted by atomic mass is 9.83. The highest BCUT2D eigenvalue weighted by Gasteiger charge is 2.41. The van der Waals surface area contributed by atoms with Crippen molar-refractivity contribution in [3.8, 4) is 0 Å². The van der Waals surface area contributed by atoms with Crippen LogP contribution in [0.1, 0.15) is 42.5 Å². The molecule has 1 saturated carbocycles. The number of carbonyl (C=O) groups is 2. The maximum Gasteiger partial charge on any atom is 0.254 e. The smallest absolute Gasteiger partial charge is 0.254 e. The number of benzene rings is 1. The molecule has 1 aromatic carbocycles. The molecule has 0 radical (unpaired) electrons. The molecule has 0 unspecified atom stereocenters. The fourth-order valence-corrected chi connectivity index (χ4v) is 4.01.